The molecule has 8 heteroatoms. The van der Waals surface area contributed by atoms with Crippen molar-refractivity contribution in [2.75, 3.05) is 18.4 Å². The van der Waals surface area contributed by atoms with Crippen LogP contribution in [0.15, 0.2) is 46.9 Å². The second-order valence-electron chi connectivity index (χ2n) is 8.88. The highest BCUT2D eigenvalue weighted by atomic mass is 32.1. The van der Waals surface area contributed by atoms with Crippen molar-refractivity contribution in [3.63, 3.8) is 0 Å². The van der Waals surface area contributed by atoms with Crippen LogP contribution in [-0.2, 0) is 13.1 Å². The third-order valence-corrected chi connectivity index (χ3v) is 7.37. The maximum absolute atomic E-state index is 14.3. The van der Waals surface area contributed by atoms with Gasteiger partial charge in [-0.2, -0.15) is 0 Å². The van der Waals surface area contributed by atoms with Crippen molar-refractivity contribution in [1.82, 2.24) is 14.9 Å². The first-order valence-corrected chi connectivity index (χ1v) is 12.4. The molecule has 0 bridgehead atoms. The van der Waals surface area contributed by atoms with Crippen molar-refractivity contribution >= 4 is 40.0 Å². The van der Waals surface area contributed by atoms with E-state index in [1.165, 1.54) is 42.7 Å². The lowest BCUT2D eigenvalue weighted by atomic mass is 9.96. The molecule has 2 aromatic heterocycles. The van der Waals surface area contributed by atoms with Crippen molar-refractivity contribution in [2.24, 2.45) is 4.99 Å². The van der Waals surface area contributed by atoms with Crippen molar-refractivity contribution < 1.29 is 9.18 Å². The van der Waals surface area contributed by atoms with Crippen LogP contribution in [0.4, 0.5) is 10.1 Å². The Balaban J connectivity index is 1.29. The van der Waals surface area contributed by atoms with Crippen LogP contribution in [0, 0.1) is 5.82 Å². The number of hydrogen-bond acceptors (Lipinski definition) is 5. The average molecular weight is 474 g/mol. The van der Waals surface area contributed by atoms with Gasteiger partial charge in [-0.15, -0.1) is 11.3 Å². The summed E-state index contributed by atoms with van der Waals surface area (Å²) in [6.07, 6.45) is 7.33. The molecule has 2 N–H and O–H groups in total. The molecule has 1 saturated heterocycles. The third-order valence-electron chi connectivity index (χ3n) is 6.53. The summed E-state index contributed by atoms with van der Waals surface area (Å²) in [5.74, 6) is -0.553. The van der Waals surface area contributed by atoms with E-state index in [9.17, 15) is 9.18 Å². The number of aromatic nitrogens is 2. The predicted molar refractivity (Wildman–Crippen MR) is 134 cm³/mol. The lowest BCUT2D eigenvalue weighted by Gasteiger charge is -2.25. The molecule has 2 aliphatic heterocycles. The second kappa shape index (κ2) is 8.77. The molecular weight excluding hydrogens is 449 g/mol. The molecule has 2 aromatic carbocycles. The molecule has 172 valence electrons. The fourth-order valence-corrected chi connectivity index (χ4v) is 5.66. The van der Waals surface area contributed by atoms with E-state index in [1.54, 1.807) is 12.4 Å². The van der Waals surface area contributed by atoms with Crippen LogP contribution in [0.2, 0.25) is 0 Å². The minimum Gasteiger partial charge on any atom is -0.361 e. The molecule has 0 aliphatic carbocycles. The van der Waals surface area contributed by atoms with Gasteiger partial charge in [-0.25, -0.2) is 9.37 Å². The number of carbonyl (C=O) groups excluding carboxylic acids is 1. The molecule has 0 radical (unpaired) electrons. The number of likely N-dealkylation sites (tertiary alicyclic amines) is 1. The number of piperidine rings is 1. The van der Waals surface area contributed by atoms with Crippen LogP contribution in [0.3, 0.4) is 0 Å². The average Bonchev–Trinajstić information content (AvgIpc) is 3.60. The molecular formula is C26H24FN5OS. The number of hydrogen-bond donors (Lipinski definition) is 2. The highest BCUT2D eigenvalue weighted by molar-refractivity contribution is 7.09. The number of carbonyl (C=O) groups is 1. The Hall–Kier alpha value is -3.36. The zero-order valence-electron chi connectivity index (χ0n) is 18.6. The van der Waals surface area contributed by atoms with Crippen LogP contribution in [0.1, 0.15) is 45.9 Å². The zero-order valence-corrected chi connectivity index (χ0v) is 19.4. The maximum Gasteiger partial charge on any atom is 0.275 e. The summed E-state index contributed by atoms with van der Waals surface area (Å²) in [6.45, 7) is 3.51. The highest BCUT2D eigenvalue weighted by Crippen LogP contribution is 2.35. The molecule has 6 rings (SSSR count). The minimum atomic E-state index is -0.309. The van der Waals surface area contributed by atoms with Gasteiger partial charge in [-0.1, -0.05) is 6.42 Å². The maximum atomic E-state index is 14.3. The summed E-state index contributed by atoms with van der Waals surface area (Å²) in [4.78, 5) is 27.6. The van der Waals surface area contributed by atoms with Crippen molar-refractivity contribution in [3.05, 3.63) is 69.6 Å². The summed E-state index contributed by atoms with van der Waals surface area (Å²) in [7, 11) is 0. The van der Waals surface area contributed by atoms with E-state index >= 15 is 0 Å². The Morgan fingerprint density at radius 2 is 2.06 bits per heavy atom. The Morgan fingerprint density at radius 3 is 2.94 bits per heavy atom. The normalized spacial score (nSPS) is 15.7. The van der Waals surface area contributed by atoms with Crippen molar-refractivity contribution in [1.29, 1.82) is 0 Å². The largest absolute Gasteiger partial charge is 0.361 e. The van der Waals surface area contributed by atoms with E-state index in [0.717, 1.165) is 57.8 Å². The predicted octanol–water partition coefficient (Wildman–Crippen LogP) is 5.60. The number of fused-ring (bicyclic) bond motifs is 2. The van der Waals surface area contributed by atoms with Gasteiger partial charge in [0, 0.05) is 34.3 Å². The first kappa shape index (κ1) is 21.2. The molecule has 2 aliphatic rings. The fourth-order valence-electron chi connectivity index (χ4n) is 4.84. The molecule has 4 heterocycles. The van der Waals surface area contributed by atoms with Gasteiger partial charge in [0.15, 0.2) is 0 Å². The molecule has 1 amide bonds. The quantitative estimate of drug-likeness (QED) is 0.396. The number of amides is 1. The number of nitrogens with zero attached hydrogens (tertiary/aromatic N) is 3. The number of anilines is 1. The van der Waals surface area contributed by atoms with Gasteiger partial charge >= 0.3 is 0 Å². The number of aliphatic imine (C=N–C) groups is 1. The molecule has 0 saturated carbocycles. The highest BCUT2D eigenvalue weighted by Gasteiger charge is 2.20. The van der Waals surface area contributed by atoms with Gasteiger partial charge in [-0.05, 0) is 73.0 Å². The van der Waals surface area contributed by atoms with Crippen LogP contribution < -0.4 is 5.32 Å². The fraction of sp³-hybridized carbons (Fsp3) is 0.269. The smallest absolute Gasteiger partial charge is 0.275 e. The Labute approximate surface area is 200 Å². The van der Waals surface area contributed by atoms with Gasteiger partial charge in [0.05, 0.1) is 18.8 Å². The number of thiazole rings is 1. The summed E-state index contributed by atoms with van der Waals surface area (Å²) in [5, 5.41) is 6.75. The van der Waals surface area contributed by atoms with E-state index in [1.807, 2.05) is 23.6 Å². The molecule has 0 atom stereocenters. The molecule has 6 nitrogen and oxygen atoms in total. The number of halogens is 1. The van der Waals surface area contributed by atoms with E-state index < -0.39 is 0 Å². The molecule has 4 aromatic rings. The number of aromatic amines is 1. The Bertz CT molecular complexity index is 1420. The van der Waals surface area contributed by atoms with Crippen molar-refractivity contribution in [2.45, 2.75) is 32.4 Å². The molecule has 1 fully saturated rings. The summed E-state index contributed by atoms with van der Waals surface area (Å²) < 4.78 is 14.3. The standard InChI is InChI=1S/C26H24FN5OS/c27-18-10-20(19-4-5-29-22(19)11-18)16-8-17-12-28-13-21(17)23(9-16)31-26(33)24-15-34-25(30-24)14-32-6-2-1-3-7-32/h4-5,8-11,13,15,29H,1-3,6-7,12,14H2,(H,31,33). The SMILES string of the molecule is O=C(Nc1cc(-c2cc(F)cc3[nH]ccc23)cc2c1C=NC2)c1csc(CN2CCCCC2)n1. The summed E-state index contributed by atoms with van der Waals surface area (Å²) >= 11 is 1.53. The van der Waals surface area contributed by atoms with Gasteiger partial charge < -0.3 is 10.3 Å². The molecule has 0 unspecified atom stereocenters. The Morgan fingerprint density at radius 1 is 1.18 bits per heavy atom. The van der Waals surface area contributed by atoms with Crippen molar-refractivity contribution in [3.8, 4) is 11.1 Å². The lowest BCUT2D eigenvalue weighted by Crippen LogP contribution is -2.29. The van der Waals surface area contributed by atoms with E-state index in [0.29, 0.717) is 17.9 Å². The Kier molecular flexibility index (Phi) is 5.47. The number of H-pyrrole nitrogens is 1. The van der Waals surface area contributed by atoms with E-state index in [4.69, 9.17) is 0 Å². The van der Waals surface area contributed by atoms with Crippen LogP contribution in [-0.4, -0.2) is 40.1 Å². The lowest BCUT2D eigenvalue weighted by molar-refractivity contribution is 0.102. The minimum absolute atomic E-state index is 0.244. The van der Waals surface area contributed by atoms with E-state index in [-0.39, 0.29) is 11.7 Å². The van der Waals surface area contributed by atoms with E-state index in [2.05, 4.69) is 25.2 Å². The number of benzene rings is 2. The number of nitrogens with one attached hydrogen (secondary N) is 2. The van der Waals surface area contributed by atoms with Gasteiger partial charge in [0.1, 0.15) is 16.5 Å². The molecule has 34 heavy (non-hydrogen) atoms. The van der Waals surface area contributed by atoms with Crippen LogP contribution in [0.5, 0.6) is 0 Å². The molecule has 0 spiro atoms. The van der Waals surface area contributed by atoms with Crippen LogP contribution >= 0.6 is 11.3 Å². The van der Waals surface area contributed by atoms with Gasteiger partial charge in [0.2, 0.25) is 0 Å². The monoisotopic (exact) mass is 473 g/mol. The first-order valence-electron chi connectivity index (χ1n) is 11.6. The number of rotatable bonds is 5. The summed E-state index contributed by atoms with van der Waals surface area (Å²) in [6, 6.07) is 8.88. The first-order chi connectivity index (χ1) is 16.6. The zero-order chi connectivity index (χ0) is 23.1. The topological polar surface area (TPSA) is 73.4 Å². The third kappa shape index (κ3) is 4.03. The summed E-state index contributed by atoms with van der Waals surface area (Å²) in [5.41, 5.74) is 5.34. The van der Waals surface area contributed by atoms with Crippen LogP contribution in [0.25, 0.3) is 22.0 Å². The second-order valence-corrected chi connectivity index (χ2v) is 9.82. The van der Waals surface area contributed by atoms with Gasteiger partial charge in [0.25, 0.3) is 5.91 Å². The van der Waals surface area contributed by atoms with Gasteiger partial charge in [-0.3, -0.25) is 14.7 Å².